The highest BCUT2D eigenvalue weighted by Crippen LogP contribution is 2.28. The highest BCUT2D eigenvalue weighted by Gasteiger charge is 2.23. The van der Waals surface area contributed by atoms with Gasteiger partial charge in [-0.25, -0.2) is 9.78 Å². The number of fused-ring (bicyclic) bond motifs is 1. The van der Waals surface area contributed by atoms with Gasteiger partial charge < -0.3 is 9.64 Å². The van der Waals surface area contributed by atoms with Crippen LogP contribution in [-0.4, -0.2) is 29.0 Å². The van der Waals surface area contributed by atoms with Gasteiger partial charge in [0.2, 0.25) is 0 Å². The molecule has 3 aromatic rings. The highest BCUT2D eigenvalue weighted by molar-refractivity contribution is 5.99. The van der Waals surface area contributed by atoms with Crippen LogP contribution in [0.5, 0.6) is 0 Å². The molecular weight excluding hydrogens is 358 g/mol. The summed E-state index contributed by atoms with van der Waals surface area (Å²) >= 11 is 0. The van der Waals surface area contributed by atoms with E-state index in [4.69, 9.17) is 9.72 Å². The number of nitro groups is 1. The molecule has 0 saturated carbocycles. The topological polar surface area (TPSA) is 85.6 Å². The van der Waals surface area contributed by atoms with Crippen LogP contribution in [0.25, 0.3) is 10.9 Å². The predicted octanol–water partition coefficient (Wildman–Crippen LogP) is 4.10. The SMILES string of the molecule is O=C(OCc1ccccc1[N+](=O)[O-])c1cc2ccccc2nc1N1CCCC1. The molecule has 0 bridgehead atoms. The summed E-state index contributed by atoms with van der Waals surface area (Å²) in [6.45, 7) is 1.52. The average Bonchev–Trinajstić information content (AvgIpc) is 3.26. The number of esters is 1. The molecule has 0 radical (unpaired) electrons. The number of anilines is 1. The monoisotopic (exact) mass is 377 g/mol. The van der Waals surface area contributed by atoms with Crippen LogP contribution in [0.1, 0.15) is 28.8 Å². The lowest BCUT2D eigenvalue weighted by molar-refractivity contribution is -0.385. The number of nitrogens with zero attached hydrogens (tertiary/aromatic N) is 3. The lowest BCUT2D eigenvalue weighted by Crippen LogP contribution is -2.23. The number of rotatable bonds is 5. The normalized spacial score (nSPS) is 13.6. The summed E-state index contributed by atoms with van der Waals surface area (Å²) in [5.41, 5.74) is 1.50. The third-order valence-electron chi connectivity index (χ3n) is 4.88. The molecule has 2 aromatic carbocycles. The fraction of sp³-hybridized carbons (Fsp3) is 0.238. The maximum absolute atomic E-state index is 12.9. The molecule has 0 spiro atoms. The van der Waals surface area contributed by atoms with Crippen LogP contribution in [0.2, 0.25) is 0 Å². The zero-order valence-electron chi connectivity index (χ0n) is 15.2. The summed E-state index contributed by atoms with van der Waals surface area (Å²) in [6.07, 6.45) is 2.11. The van der Waals surface area contributed by atoms with E-state index in [1.54, 1.807) is 24.3 Å². The molecule has 0 unspecified atom stereocenters. The van der Waals surface area contributed by atoms with E-state index in [2.05, 4.69) is 4.90 Å². The van der Waals surface area contributed by atoms with Crippen molar-refractivity contribution in [2.45, 2.75) is 19.4 Å². The zero-order valence-corrected chi connectivity index (χ0v) is 15.2. The molecule has 7 nitrogen and oxygen atoms in total. The predicted molar refractivity (Wildman–Crippen MR) is 105 cm³/mol. The van der Waals surface area contributed by atoms with Gasteiger partial charge in [-0.2, -0.15) is 0 Å². The molecule has 28 heavy (non-hydrogen) atoms. The van der Waals surface area contributed by atoms with Crippen molar-refractivity contribution in [2.24, 2.45) is 0 Å². The first-order chi connectivity index (χ1) is 13.6. The van der Waals surface area contributed by atoms with Gasteiger partial charge in [0.05, 0.1) is 16.0 Å². The van der Waals surface area contributed by atoms with Gasteiger partial charge >= 0.3 is 5.97 Å². The van der Waals surface area contributed by atoms with Gasteiger partial charge in [0.15, 0.2) is 0 Å². The Kier molecular flexibility index (Phi) is 4.89. The number of ether oxygens (including phenoxy) is 1. The van der Waals surface area contributed by atoms with Gasteiger partial charge in [0.1, 0.15) is 18.0 Å². The van der Waals surface area contributed by atoms with Crippen molar-refractivity contribution >= 4 is 28.4 Å². The van der Waals surface area contributed by atoms with Crippen molar-refractivity contribution in [2.75, 3.05) is 18.0 Å². The van der Waals surface area contributed by atoms with Gasteiger partial charge in [-0.3, -0.25) is 10.1 Å². The van der Waals surface area contributed by atoms with Crippen LogP contribution in [-0.2, 0) is 11.3 Å². The van der Waals surface area contributed by atoms with Crippen molar-refractivity contribution in [3.8, 4) is 0 Å². The molecule has 7 heteroatoms. The summed E-state index contributed by atoms with van der Waals surface area (Å²) in [4.78, 5) is 30.3. The summed E-state index contributed by atoms with van der Waals surface area (Å²) in [5.74, 6) is 0.0852. The summed E-state index contributed by atoms with van der Waals surface area (Å²) in [7, 11) is 0. The van der Waals surface area contributed by atoms with Gasteiger partial charge in [-0.1, -0.05) is 30.3 Å². The van der Waals surface area contributed by atoms with Crippen molar-refractivity contribution in [1.82, 2.24) is 4.98 Å². The van der Waals surface area contributed by atoms with Crippen molar-refractivity contribution < 1.29 is 14.5 Å². The van der Waals surface area contributed by atoms with Gasteiger partial charge in [-0.05, 0) is 31.0 Å². The Morgan fingerprint density at radius 3 is 2.61 bits per heavy atom. The maximum atomic E-state index is 12.9. The number of hydrogen-bond donors (Lipinski definition) is 0. The largest absolute Gasteiger partial charge is 0.457 e. The first-order valence-corrected chi connectivity index (χ1v) is 9.17. The molecule has 1 aliphatic rings. The third kappa shape index (κ3) is 3.51. The Balaban J connectivity index is 1.65. The quantitative estimate of drug-likeness (QED) is 0.378. The number of benzene rings is 2. The first kappa shape index (κ1) is 17.9. The second kappa shape index (κ2) is 7.64. The minimum Gasteiger partial charge on any atom is -0.457 e. The average molecular weight is 377 g/mol. The Hall–Kier alpha value is -3.48. The van der Waals surface area contributed by atoms with Crippen LogP contribution in [0, 0.1) is 10.1 Å². The van der Waals surface area contributed by atoms with Crippen molar-refractivity contribution in [1.29, 1.82) is 0 Å². The van der Waals surface area contributed by atoms with Crippen molar-refractivity contribution in [3.05, 3.63) is 75.8 Å². The number of carbonyl (C=O) groups is 1. The van der Waals surface area contributed by atoms with E-state index in [9.17, 15) is 14.9 Å². The fourth-order valence-electron chi connectivity index (χ4n) is 3.46. The molecule has 0 amide bonds. The van der Waals surface area contributed by atoms with Gasteiger partial charge in [0.25, 0.3) is 5.69 Å². The molecule has 1 saturated heterocycles. The van der Waals surface area contributed by atoms with E-state index in [-0.39, 0.29) is 12.3 Å². The minimum atomic E-state index is -0.529. The molecule has 142 valence electrons. The molecule has 0 aliphatic carbocycles. The van der Waals surface area contributed by atoms with E-state index < -0.39 is 10.9 Å². The number of carbonyl (C=O) groups excluding carboxylic acids is 1. The van der Waals surface area contributed by atoms with Crippen molar-refractivity contribution in [3.63, 3.8) is 0 Å². The van der Waals surface area contributed by atoms with E-state index in [0.717, 1.165) is 36.8 Å². The fourth-order valence-corrected chi connectivity index (χ4v) is 3.46. The summed E-state index contributed by atoms with van der Waals surface area (Å²) < 4.78 is 5.44. The van der Waals surface area contributed by atoms with Crippen LogP contribution in [0.15, 0.2) is 54.6 Å². The number of para-hydroxylation sites is 2. The van der Waals surface area contributed by atoms with E-state index in [1.165, 1.54) is 6.07 Å². The molecule has 2 heterocycles. The second-order valence-corrected chi connectivity index (χ2v) is 6.71. The molecule has 1 aromatic heterocycles. The first-order valence-electron chi connectivity index (χ1n) is 9.17. The molecule has 0 N–H and O–H groups in total. The lowest BCUT2D eigenvalue weighted by Gasteiger charge is -2.20. The van der Waals surface area contributed by atoms with Gasteiger partial charge in [-0.15, -0.1) is 0 Å². The lowest BCUT2D eigenvalue weighted by atomic mass is 10.1. The zero-order chi connectivity index (χ0) is 19.5. The smallest absolute Gasteiger partial charge is 0.342 e. The summed E-state index contributed by atoms with van der Waals surface area (Å²) in [5, 5.41) is 12.0. The molecule has 4 rings (SSSR count). The van der Waals surface area contributed by atoms with Crippen LogP contribution < -0.4 is 4.90 Å². The van der Waals surface area contributed by atoms with Crippen LogP contribution >= 0.6 is 0 Å². The maximum Gasteiger partial charge on any atom is 0.342 e. The molecule has 1 fully saturated rings. The molecular formula is C21H19N3O4. The Morgan fingerprint density at radius 2 is 1.82 bits per heavy atom. The van der Waals surface area contributed by atoms with Gasteiger partial charge in [0, 0.05) is 24.5 Å². The van der Waals surface area contributed by atoms with E-state index in [0.29, 0.717) is 16.9 Å². The number of nitro benzene ring substituents is 1. The molecule has 0 atom stereocenters. The second-order valence-electron chi connectivity index (χ2n) is 6.71. The Bertz CT molecular complexity index is 1040. The van der Waals surface area contributed by atoms with Crippen LogP contribution in [0.3, 0.4) is 0 Å². The number of aromatic nitrogens is 1. The Morgan fingerprint density at radius 1 is 1.11 bits per heavy atom. The van der Waals surface area contributed by atoms with Crippen LogP contribution in [0.4, 0.5) is 11.5 Å². The third-order valence-corrected chi connectivity index (χ3v) is 4.88. The number of hydrogen-bond acceptors (Lipinski definition) is 6. The number of pyridine rings is 1. The highest BCUT2D eigenvalue weighted by atomic mass is 16.6. The van der Waals surface area contributed by atoms with E-state index >= 15 is 0 Å². The Labute approximate surface area is 161 Å². The minimum absolute atomic E-state index is 0.0632. The standard InChI is InChI=1S/C21H19N3O4/c25-21(28-14-16-8-2-4-10-19(16)24(26)27)17-13-15-7-1-3-9-18(15)22-20(17)23-11-5-6-12-23/h1-4,7-10,13H,5-6,11-12,14H2. The van der Waals surface area contributed by atoms with E-state index in [1.807, 2.05) is 24.3 Å². The molecule has 1 aliphatic heterocycles. The summed E-state index contributed by atoms with van der Waals surface area (Å²) in [6, 6.07) is 15.7.